The molecule has 1 N–H and O–H groups in total. The third-order valence-corrected chi connectivity index (χ3v) is 4.59. The minimum absolute atomic E-state index is 0.273. The zero-order valence-electron chi connectivity index (χ0n) is 7.59. The molecule has 0 spiro atoms. The Morgan fingerprint density at radius 2 is 1.92 bits per heavy atom. The summed E-state index contributed by atoms with van der Waals surface area (Å²) in [7, 11) is 0. The van der Waals surface area contributed by atoms with Gasteiger partial charge in [0.2, 0.25) is 0 Å². The van der Waals surface area contributed by atoms with E-state index in [1.807, 2.05) is 11.8 Å². The second kappa shape index (κ2) is 3.59. The molecule has 1 aliphatic heterocycles. The molecule has 0 aromatic rings. The summed E-state index contributed by atoms with van der Waals surface area (Å²) >= 11 is 1.92. The average Bonchev–Trinajstić information content (AvgIpc) is 2.55. The Morgan fingerprint density at radius 3 is 2.50 bits per heavy atom. The van der Waals surface area contributed by atoms with E-state index < -0.39 is 0 Å². The van der Waals surface area contributed by atoms with Crippen LogP contribution in [0.2, 0.25) is 0 Å². The highest BCUT2D eigenvalue weighted by Gasteiger charge is 2.39. The van der Waals surface area contributed by atoms with Crippen molar-refractivity contribution in [3.63, 3.8) is 0 Å². The summed E-state index contributed by atoms with van der Waals surface area (Å²) in [5.74, 6) is 2.80. The van der Waals surface area contributed by atoms with Crippen LogP contribution in [0, 0.1) is 5.92 Å². The molecule has 1 saturated carbocycles. The molecule has 2 heteroatoms. The van der Waals surface area contributed by atoms with E-state index in [9.17, 15) is 5.11 Å². The number of aliphatic hydroxyl groups is 1. The second-order valence-electron chi connectivity index (χ2n) is 4.24. The zero-order chi connectivity index (χ0) is 8.44. The van der Waals surface area contributed by atoms with E-state index in [0.717, 1.165) is 12.2 Å². The molecule has 12 heavy (non-hydrogen) atoms. The van der Waals surface area contributed by atoms with E-state index in [2.05, 4.69) is 0 Å². The van der Waals surface area contributed by atoms with E-state index >= 15 is 0 Å². The standard InChI is InChI=1S/C10H18OS/c11-10(6-7-12-8-10)9-4-2-1-3-5-9/h9,11H,1-8H2. The van der Waals surface area contributed by atoms with Gasteiger partial charge in [-0.1, -0.05) is 19.3 Å². The van der Waals surface area contributed by atoms with Crippen LogP contribution in [0.15, 0.2) is 0 Å². The fraction of sp³-hybridized carbons (Fsp3) is 1.00. The molecule has 1 heterocycles. The maximum atomic E-state index is 10.3. The van der Waals surface area contributed by atoms with Gasteiger partial charge >= 0.3 is 0 Å². The summed E-state index contributed by atoms with van der Waals surface area (Å²) in [4.78, 5) is 0. The Balaban J connectivity index is 1.96. The van der Waals surface area contributed by atoms with Crippen molar-refractivity contribution in [3.05, 3.63) is 0 Å². The Kier molecular flexibility index (Phi) is 2.66. The third kappa shape index (κ3) is 1.64. The number of hydrogen-bond acceptors (Lipinski definition) is 2. The van der Waals surface area contributed by atoms with Gasteiger partial charge in [-0.15, -0.1) is 0 Å². The van der Waals surface area contributed by atoms with Crippen molar-refractivity contribution >= 4 is 11.8 Å². The predicted octanol–water partition coefficient (Wildman–Crippen LogP) is 2.43. The molecule has 2 fully saturated rings. The van der Waals surface area contributed by atoms with Crippen LogP contribution in [-0.2, 0) is 0 Å². The molecule has 70 valence electrons. The summed E-state index contributed by atoms with van der Waals surface area (Å²) in [5.41, 5.74) is -0.273. The Hall–Kier alpha value is 0.310. The summed E-state index contributed by atoms with van der Waals surface area (Å²) < 4.78 is 0. The van der Waals surface area contributed by atoms with E-state index in [-0.39, 0.29) is 5.60 Å². The van der Waals surface area contributed by atoms with E-state index in [1.165, 1.54) is 37.9 Å². The summed E-state index contributed by atoms with van der Waals surface area (Å²) in [6, 6.07) is 0. The summed E-state index contributed by atoms with van der Waals surface area (Å²) in [6.45, 7) is 0. The van der Waals surface area contributed by atoms with E-state index in [1.54, 1.807) is 0 Å². The SMILES string of the molecule is OC1(C2CCCCC2)CCSC1. The smallest absolute Gasteiger partial charge is 0.0773 e. The van der Waals surface area contributed by atoms with Gasteiger partial charge in [-0.3, -0.25) is 0 Å². The molecule has 0 aromatic heterocycles. The average molecular weight is 186 g/mol. The lowest BCUT2D eigenvalue weighted by Crippen LogP contribution is -2.38. The molecule has 1 nitrogen and oxygen atoms in total. The van der Waals surface area contributed by atoms with Crippen LogP contribution in [0.3, 0.4) is 0 Å². The fourth-order valence-electron chi connectivity index (χ4n) is 2.53. The third-order valence-electron chi connectivity index (χ3n) is 3.40. The highest BCUT2D eigenvalue weighted by atomic mass is 32.2. The van der Waals surface area contributed by atoms with Crippen LogP contribution < -0.4 is 0 Å². The maximum Gasteiger partial charge on any atom is 0.0773 e. The molecule has 0 bridgehead atoms. The second-order valence-corrected chi connectivity index (χ2v) is 5.35. The zero-order valence-corrected chi connectivity index (χ0v) is 8.41. The normalized spacial score (nSPS) is 38.8. The van der Waals surface area contributed by atoms with Crippen molar-refractivity contribution in [2.45, 2.75) is 44.1 Å². The van der Waals surface area contributed by atoms with Gasteiger partial charge in [0.15, 0.2) is 0 Å². The van der Waals surface area contributed by atoms with Crippen LogP contribution >= 0.6 is 11.8 Å². The van der Waals surface area contributed by atoms with Crippen molar-refractivity contribution in [2.24, 2.45) is 5.92 Å². The van der Waals surface area contributed by atoms with Gasteiger partial charge in [0, 0.05) is 5.75 Å². The van der Waals surface area contributed by atoms with Gasteiger partial charge < -0.3 is 5.11 Å². The molecule has 1 aliphatic carbocycles. The lowest BCUT2D eigenvalue weighted by molar-refractivity contribution is -0.00912. The topological polar surface area (TPSA) is 20.2 Å². The Morgan fingerprint density at radius 1 is 1.17 bits per heavy atom. The van der Waals surface area contributed by atoms with Crippen molar-refractivity contribution in [1.82, 2.24) is 0 Å². The van der Waals surface area contributed by atoms with Crippen LogP contribution in [0.5, 0.6) is 0 Å². The first-order valence-electron chi connectivity index (χ1n) is 5.11. The Bertz CT molecular complexity index is 146. The minimum Gasteiger partial charge on any atom is -0.389 e. The number of hydrogen-bond donors (Lipinski definition) is 1. The number of rotatable bonds is 1. The fourth-order valence-corrected chi connectivity index (χ4v) is 3.91. The minimum atomic E-state index is -0.273. The molecule has 0 radical (unpaired) electrons. The molecule has 0 aromatic carbocycles. The highest BCUT2D eigenvalue weighted by Crippen LogP contribution is 2.40. The quantitative estimate of drug-likeness (QED) is 0.678. The maximum absolute atomic E-state index is 10.3. The van der Waals surface area contributed by atoms with Gasteiger partial charge in [0.1, 0.15) is 0 Å². The molecule has 1 unspecified atom stereocenters. The lowest BCUT2D eigenvalue weighted by atomic mass is 9.77. The largest absolute Gasteiger partial charge is 0.389 e. The van der Waals surface area contributed by atoms with Crippen LogP contribution in [0.4, 0.5) is 0 Å². The van der Waals surface area contributed by atoms with Gasteiger partial charge in [0.05, 0.1) is 5.60 Å². The lowest BCUT2D eigenvalue weighted by Gasteiger charge is -2.34. The monoisotopic (exact) mass is 186 g/mol. The van der Waals surface area contributed by atoms with E-state index in [0.29, 0.717) is 5.92 Å². The van der Waals surface area contributed by atoms with Crippen molar-refractivity contribution in [2.75, 3.05) is 11.5 Å². The van der Waals surface area contributed by atoms with Gasteiger partial charge in [0.25, 0.3) is 0 Å². The summed E-state index contributed by atoms with van der Waals surface area (Å²) in [5, 5.41) is 10.3. The Labute approximate surface area is 78.9 Å². The molecule has 2 rings (SSSR count). The molecule has 0 amide bonds. The number of thioether (sulfide) groups is 1. The molecule has 1 atom stereocenters. The highest BCUT2D eigenvalue weighted by molar-refractivity contribution is 7.99. The van der Waals surface area contributed by atoms with Crippen molar-refractivity contribution in [1.29, 1.82) is 0 Å². The molecule has 2 aliphatic rings. The van der Waals surface area contributed by atoms with Gasteiger partial charge in [-0.05, 0) is 30.9 Å². The van der Waals surface area contributed by atoms with Crippen LogP contribution in [0.25, 0.3) is 0 Å². The van der Waals surface area contributed by atoms with Gasteiger partial charge in [-0.25, -0.2) is 0 Å². The first-order chi connectivity index (χ1) is 5.81. The first kappa shape index (κ1) is 8.89. The molecule has 1 saturated heterocycles. The van der Waals surface area contributed by atoms with Crippen LogP contribution in [0.1, 0.15) is 38.5 Å². The first-order valence-corrected chi connectivity index (χ1v) is 6.27. The predicted molar refractivity (Wildman–Crippen MR) is 53.5 cm³/mol. The van der Waals surface area contributed by atoms with Crippen molar-refractivity contribution in [3.8, 4) is 0 Å². The van der Waals surface area contributed by atoms with Crippen molar-refractivity contribution < 1.29 is 5.11 Å². The molecular weight excluding hydrogens is 168 g/mol. The van der Waals surface area contributed by atoms with Crippen LogP contribution in [-0.4, -0.2) is 22.2 Å². The van der Waals surface area contributed by atoms with Gasteiger partial charge in [-0.2, -0.15) is 11.8 Å². The molecular formula is C10H18OS. The van der Waals surface area contributed by atoms with E-state index in [4.69, 9.17) is 0 Å². The summed E-state index contributed by atoms with van der Waals surface area (Å²) in [6.07, 6.45) is 7.67.